The minimum Gasteiger partial charge on any atom is -0.457 e. The molecule has 0 saturated heterocycles. The van der Waals surface area contributed by atoms with E-state index in [4.69, 9.17) is 4.74 Å². The van der Waals surface area contributed by atoms with Gasteiger partial charge in [0.25, 0.3) is 0 Å². The third-order valence-electron chi connectivity index (χ3n) is 2.84. The van der Waals surface area contributed by atoms with Gasteiger partial charge in [-0.3, -0.25) is 0 Å². The molecule has 0 saturated carbocycles. The summed E-state index contributed by atoms with van der Waals surface area (Å²) in [4.78, 5) is 16.1. The van der Waals surface area contributed by atoms with Gasteiger partial charge in [0.05, 0.1) is 5.56 Å². The third kappa shape index (κ3) is 2.47. The molecule has 0 aliphatic carbocycles. The van der Waals surface area contributed by atoms with Gasteiger partial charge < -0.3 is 9.14 Å². The van der Waals surface area contributed by atoms with Crippen molar-refractivity contribution in [3.63, 3.8) is 0 Å². The van der Waals surface area contributed by atoms with Gasteiger partial charge in [-0.2, -0.15) is 0 Å². The van der Waals surface area contributed by atoms with Crippen LogP contribution in [0.15, 0.2) is 61.1 Å². The first-order valence-corrected chi connectivity index (χ1v) is 5.97. The number of aromatic nitrogens is 2. The number of benzene rings is 1. The zero-order chi connectivity index (χ0) is 13.1. The Morgan fingerprint density at radius 2 is 2.00 bits per heavy atom. The highest BCUT2D eigenvalue weighted by atomic mass is 16.5. The molecular formula is C15H12N2O2. The van der Waals surface area contributed by atoms with E-state index in [9.17, 15) is 4.79 Å². The number of imidazole rings is 1. The maximum atomic E-state index is 11.9. The number of carbonyl (C=O) groups excluding carboxylic acids is 1. The molecule has 19 heavy (non-hydrogen) atoms. The molecule has 0 radical (unpaired) electrons. The van der Waals surface area contributed by atoms with Crippen LogP contribution in [-0.2, 0) is 11.3 Å². The molecular weight excluding hydrogens is 240 g/mol. The molecule has 0 bridgehead atoms. The van der Waals surface area contributed by atoms with Crippen LogP contribution in [0, 0.1) is 0 Å². The fourth-order valence-electron chi connectivity index (χ4n) is 1.85. The summed E-state index contributed by atoms with van der Waals surface area (Å²) in [6, 6.07) is 13.1. The van der Waals surface area contributed by atoms with E-state index in [1.54, 1.807) is 35.1 Å². The first-order valence-electron chi connectivity index (χ1n) is 5.97. The van der Waals surface area contributed by atoms with Crippen molar-refractivity contribution in [3.8, 4) is 0 Å². The summed E-state index contributed by atoms with van der Waals surface area (Å²) in [6.07, 6.45) is 5.20. The Labute approximate surface area is 110 Å². The predicted octanol–water partition coefficient (Wildman–Crippen LogP) is 2.69. The second-order valence-electron chi connectivity index (χ2n) is 4.17. The molecule has 0 spiro atoms. The minimum absolute atomic E-state index is 0.279. The molecule has 4 nitrogen and oxygen atoms in total. The molecule has 2 heterocycles. The predicted molar refractivity (Wildman–Crippen MR) is 70.8 cm³/mol. The number of hydrogen-bond acceptors (Lipinski definition) is 3. The zero-order valence-electron chi connectivity index (χ0n) is 10.2. The molecule has 3 aromatic rings. The van der Waals surface area contributed by atoms with Crippen LogP contribution in [0.1, 0.15) is 15.9 Å². The van der Waals surface area contributed by atoms with Crippen LogP contribution in [0.3, 0.4) is 0 Å². The van der Waals surface area contributed by atoms with E-state index in [0.717, 1.165) is 11.2 Å². The van der Waals surface area contributed by atoms with Crippen LogP contribution in [0.2, 0.25) is 0 Å². The van der Waals surface area contributed by atoms with Gasteiger partial charge in [-0.25, -0.2) is 9.78 Å². The molecule has 0 amide bonds. The first kappa shape index (κ1) is 11.5. The summed E-state index contributed by atoms with van der Waals surface area (Å²) in [7, 11) is 0. The summed E-state index contributed by atoms with van der Waals surface area (Å²) in [5.41, 5.74) is 2.29. The van der Waals surface area contributed by atoms with E-state index in [2.05, 4.69) is 4.98 Å². The molecule has 0 aliphatic rings. The SMILES string of the molecule is O=C(OCc1ccccc1)c1ccc2nccn2c1. The van der Waals surface area contributed by atoms with Crippen molar-refractivity contribution in [1.82, 2.24) is 9.38 Å². The van der Waals surface area contributed by atoms with Crippen LogP contribution in [0.5, 0.6) is 0 Å². The third-order valence-corrected chi connectivity index (χ3v) is 2.84. The van der Waals surface area contributed by atoms with Crippen LogP contribution in [-0.4, -0.2) is 15.4 Å². The van der Waals surface area contributed by atoms with E-state index in [-0.39, 0.29) is 12.6 Å². The Bertz CT molecular complexity index is 704. The normalized spacial score (nSPS) is 10.5. The monoisotopic (exact) mass is 252 g/mol. The van der Waals surface area contributed by atoms with Crippen LogP contribution >= 0.6 is 0 Å². The maximum Gasteiger partial charge on any atom is 0.339 e. The molecule has 94 valence electrons. The first-order chi connectivity index (χ1) is 9.33. The van der Waals surface area contributed by atoms with E-state index in [1.807, 2.05) is 30.3 Å². The van der Waals surface area contributed by atoms with Crippen LogP contribution in [0.4, 0.5) is 0 Å². The summed E-state index contributed by atoms with van der Waals surface area (Å²) >= 11 is 0. The van der Waals surface area contributed by atoms with Crippen molar-refractivity contribution in [1.29, 1.82) is 0 Å². The number of esters is 1. The lowest BCUT2D eigenvalue weighted by Gasteiger charge is -2.05. The second kappa shape index (κ2) is 4.94. The second-order valence-corrected chi connectivity index (χ2v) is 4.17. The largest absolute Gasteiger partial charge is 0.457 e. The molecule has 0 unspecified atom stereocenters. The number of carbonyl (C=O) groups is 1. The number of rotatable bonds is 3. The standard InChI is InChI=1S/C15H12N2O2/c18-15(19-11-12-4-2-1-3-5-12)13-6-7-14-16-8-9-17(14)10-13/h1-10H,11H2. The Morgan fingerprint density at radius 3 is 2.84 bits per heavy atom. The molecule has 3 rings (SSSR count). The van der Waals surface area contributed by atoms with Gasteiger partial charge in [0.2, 0.25) is 0 Å². The highest BCUT2D eigenvalue weighted by Gasteiger charge is 2.08. The Balaban J connectivity index is 1.73. The molecule has 0 atom stereocenters. The van der Waals surface area contributed by atoms with E-state index in [0.29, 0.717) is 5.56 Å². The van der Waals surface area contributed by atoms with Gasteiger partial charge in [0.15, 0.2) is 0 Å². The van der Waals surface area contributed by atoms with Gasteiger partial charge in [0.1, 0.15) is 12.3 Å². The van der Waals surface area contributed by atoms with Gasteiger partial charge in [-0.15, -0.1) is 0 Å². The topological polar surface area (TPSA) is 43.6 Å². The van der Waals surface area contributed by atoms with Crippen molar-refractivity contribution in [3.05, 3.63) is 72.2 Å². The Morgan fingerprint density at radius 1 is 1.16 bits per heavy atom. The number of nitrogens with zero attached hydrogens (tertiary/aromatic N) is 2. The summed E-state index contributed by atoms with van der Waals surface area (Å²) in [5.74, 6) is -0.334. The van der Waals surface area contributed by atoms with Crippen molar-refractivity contribution in [2.24, 2.45) is 0 Å². The molecule has 0 aliphatic heterocycles. The highest BCUT2D eigenvalue weighted by molar-refractivity contribution is 5.89. The molecule has 0 fully saturated rings. The summed E-state index contributed by atoms with van der Waals surface area (Å²) in [6.45, 7) is 0.279. The summed E-state index contributed by atoms with van der Waals surface area (Å²) < 4.78 is 7.06. The number of pyridine rings is 1. The zero-order valence-corrected chi connectivity index (χ0v) is 10.2. The van der Waals surface area contributed by atoms with Gasteiger partial charge in [0, 0.05) is 18.6 Å². The van der Waals surface area contributed by atoms with Gasteiger partial charge >= 0.3 is 5.97 Å². The van der Waals surface area contributed by atoms with Crippen molar-refractivity contribution >= 4 is 11.6 Å². The summed E-state index contributed by atoms with van der Waals surface area (Å²) in [5, 5.41) is 0. The lowest BCUT2D eigenvalue weighted by molar-refractivity contribution is 0.0472. The van der Waals surface area contributed by atoms with E-state index in [1.165, 1.54) is 0 Å². The lowest BCUT2D eigenvalue weighted by atomic mass is 10.2. The van der Waals surface area contributed by atoms with Crippen LogP contribution < -0.4 is 0 Å². The maximum absolute atomic E-state index is 11.9. The fraction of sp³-hybridized carbons (Fsp3) is 0.0667. The van der Waals surface area contributed by atoms with Gasteiger partial charge in [-0.05, 0) is 17.7 Å². The molecule has 1 aromatic carbocycles. The van der Waals surface area contributed by atoms with Crippen molar-refractivity contribution in [2.45, 2.75) is 6.61 Å². The Kier molecular flexibility index (Phi) is 2.98. The fourth-order valence-corrected chi connectivity index (χ4v) is 1.85. The molecule has 2 aromatic heterocycles. The number of hydrogen-bond donors (Lipinski definition) is 0. The van der Waals surface area contributed by atoms with E-state index < -0.39 is 0 Å². The molecule has 4 heteroatoms. The number of fused-ring (bicyclic) bond motifs is 1. The Hall–Kier alpha value is -2.62. The van der Waals surface area contributed by atoms with Crippen molar-refractivity contribution < 1.29 is 9.53 Å². The average molecular weight is 252 g/mol. The van der Waals surface area contributed by atoms with Crippen molar-refractivity contribution in [2.75, 3.05) is 0 Å². The quantitative estimate of drug-likeness (QED) is 0.673. The average Bonchev–Trinajstić information content (AvgIpc) is 2.93. The van der Waals surface area contributed by atoms with Crippen LogP contribution in [0.25, 0.3) is 5.65 Å². The highest BCUT2D eigenvalue weighted by Crippen LogP contribution is 2.08. The smallest absolute Gasteiger partial charge is 0.339 e. The molecule has 0 N–H and O–H groups in total. The lowest BCUT2D eigenvalue weighted by Crippen LogP contribution is -2.06. The minimum atomic E-state index is -0.334. The van der Waals surface area contributed by atoms with E-state index >= 15 is 0 Å². The van der Waals surface area contributed by atoms with Gasteiger partial charge in [-0.1, -0.05) is 30.3 Å². The number of ether oxygens (including phenoxy) is 1.